The van der Waals surface area contributed by atoms with Gasteiger partial charge in [-0.15, -0.1) is 0 Å². The molecule has 7 heteroatoms. The first-order valence-electron chi connectivity index (χ1n) is 9.84. The van der Waals surface area contributed by atoms with E-state index in [0.717, 1.165) is 31.0 Å². The molecule has 0 bridgehead atoms. The normalized spacial score (nSPS) is 20.1. The molecule has 1 unspecified atom stereocenters. The first-order valence-corrected chi connectivity index (χ1v) is 11.4. The molecule has 2 fully saturated rings. The van der Waals surface area contributed by atoms with Gasteiger partial charge in [0.25, 0.3) is 0 Å². The number of thioether (sulfide) groups is 1. The van der Waals surface area contributed by atoms with E-state index in [-0.39, 0.29) is 24.2 Å². The van der Waals surface area contributed by atoms with Crippen molar-refractivity contribution in [2.24, 2.45) is 5.92 Å². The van der Waals surface area contributed by atoms with Crippen molar-refractivity contribution in [1.82, 2.24) is 4.90 Å². The van der Waals surface area contributed by atoms with E-state index < -0.39 is 0 Å². The second-order valence-corrected chi connectivity index (χ2v) is 9.12. The Morgan fingerprint density at radius 1 is 1.14 bits per heavy atom. The molecule has 2 amide bonds. The summed E-state index contributed by atoms with van der Waals surface area (Å²) in [6.07, 6.45) is 0.212. The quantitative estimate of drug-likeness (QED) is 0.783. The maximum Gasteiger partial charge on any atom is 0.229 e. The molecule has 2 aliphatic rings. The molecule has 0 aliphatic carbocycles. The lowest BCUT2D eigenvalue weighted by atomic mass is 10.1. The van der Waals surface area contributed by atoms with Gasteiger partial charge in [0.05, 0.1) is 5.92 Å². The van der Waals surface area contributed by atoms with Crippen molar-refractivity contribution in [3.8, 4) is 0 Å². The van der Waals surface area contributed by atoms with Crippen LogP contribution < -0.4 is 10.2 Å². The molecule has 0 saturated carbocycles. The van der Waals surface area contributed by atoms with Gasteiger partial charge in [-0.3, -0.25) is 14.5 Å². The van der Waals surface area contributed by atoms with Crippen molar-refractivity contribution in [2.75, 3.05) is 41.4 Å². The zero-order valence-corrected chi connectivity index (χ0v) is 17.7. The lowest BCUT2D eigenvalue weighted by molar-refractivity contribution is -0.122. The Kier molecular flexibility index (Phi) is 6.43. The lowest BCUT2D eigenvalue weighted by Gasteiger charge is -2.26. The Hall–Kier alpha value is -2.02. The number of halogens is 1. The third kappa shape index (κ3) is 5.13. The highest BCUT2D eigenvalue weighted by Gasteiger charge is 2.35. The van der Waals surface area contributed by atoms with Gasteiger partial charge in [-0.1, -0.05) is 29.8 Å². The predicted molar refractivity (Wildman–Crippen MR) is 120 cm³/mol. The van der Waals surface area contributed by atoms with Crippen LogP contribution in [-0.2, 0) is 16.1 Å². The van der Waals surface area contributed by atoms with Crippen molar-refractivity contribution in [3.63, 3.8) is 0 Å². The molecule has 2 saturated heterocycles. The minimum absolute atomic E-state index is 0.0517. The number of nitrogens with zero attached hydrogens (tertiary/aromatic N) is 2. The first-order chi connectivity index (χ1) is 14.1. The van der Waals surface area contributed by atoms with Crippen LogP contribution in [0.2, 0.25) is 5.02 Å². The Morgan fingerprint density at radius 3 is 2.72 bits per heavy atom. The summed E-state index contributed by atoms with van der Waals surface area (Å²) in [5.41, 5.74) is 2.71. The fraction of sp³-hybridized carbons (Fsp3) is 0.364. The van der Waals surface area contributed by atoms with E-state index in [4.69, 9.17) is 11.6 Å². The average Bonchev–Trinajstić information content (AvgIpc) is 3.11. The number of nitrogens with one attached hydrogen (secondary N) is 1. The van der Waals surface area contributed by atoms with Gasteiger partial charge in [0.1, 0.15) is 0 Å². The molecular weight excluding hydrogens is 406 g/mol. The highest BCUT2D eigenvalue weighted by Crippen LogP contribution is 2.28. The van der Waals surface area contributed by atoms with E-state index in [1.165, 1.54) is 17.1 Å². The van der Waals surface area contributed by atoms with Gasteiger partial charge < -0.3 is 10.2 Å². The molecule has 1 N–H and O–H groups in total. The number of carbonyl (C=O) groups excluding carboxylic acids is 2. The summed E-state index contributed by atoms with van der Waals surface area (Å²) < 4.78 is 0. The maximum absolute atomic E-state index is 12.8. The van der Waals surface area contributed by atoms with Gasteiger partial charge in [0.15, 0.2) is 0 Å². The zero-order chi connectivity index (χ0) is 20.2. The smallest absolute Gasteiger partial charge is 0.229 e. The molecule has 0 aromatic heterocycles. The second-order valence-electron chi connectivity index (χ2n) is 7.46. The van der Waals surface area contributed by atoms with Crippen LogP contribution in [0.25, 0.3) is 0 Å². The van der Waals surface area contributed by atoms with Gasteiger partial charge in [0.2, 0.25) is 11.8 Å². The topological polar surface area (TPSA) is 52.7 Å². The van der Waals surface area contributed by atoms with E-state index in [9.17, 15) is 9.59 Å². The van der Waals surface area contributed by atoms with Crippen molar-refractivity contribution >= 4 is 46.6 Å². The summed E-state index contributed by atoms with van der Waals surface area (Å²) in [5.74, 6) is 1.81. The van der Waals surface area contributed by atoms with Crippen LogP contribution in [0.15, 0.2) is 48.5 Å². The van der Waals surface area contributed by atoms with Gasteiger partial charge in [-0.2, -0.15) is 11.8 Å². The third-order valence-electron chi connectivity index (χ3n) is 5.32. The monoisotopic (exact) mass is 429 g/mol. The first kappa shape index (κ1) is 20.3. The molecule has 2 heterocycles. The molecule has 0 spiro atoms. The fourth-order valence-corrected chi connectivity index (χ4v) is 4.95. The molecule has 5 nitrogen and oxygen atoms in total. The minimum atomic E-state index is -0.371. The van der Waals surface area contributed by atoms with Crippen LogP contribution in [-0.4, -0.2) is 47.9 Å². The molecule has 1 atom stereocenters. The summed E-state index contributed by atoms with van der Waals surface area (Å²) in [6, 6.07) is 15.2. The van der Waals surface area contributed by atoms with Crippen LogP contribution in [0.1, 0.15) is 12.0 Å². The summed E-state index contributed by atoms with van der Waals surface area (Å²) in [5, 5.41) is 3.58. The molecular formula is C22H24ClN3O2S. The van der Waals surface area contributed by atoms with Gasteiger partial charge >= 0.3 is 0 Å². The summed E-state index contributed by atoms with van der Waals surface area (Å²) in [4.78, 5) is 29.3. The van der Waals surface area contributed by atoms with E-state index >= 15 is 0 Å². The average molecular weight is 430 g/mol. The predicted octanol–water partition coefficient (Wildman–Crippen LogP) is 3.88. The molecule has 0 radical (unpaired) electrons. The SMILES string of the molecule is O=C(Nc1cccc(CN2CCSCC2)c1)C1CC(=O)N(c2cccc(Cl)c2)C1. The largest absolute Gasteiger partial charge is 0.326 e. The fourth-order valence-electron chi connectivity index (χ4n) is 3.79. The summed E-state index contributed by atoms with van der Waals surface area (Å²) in [7, 11) is 0. The molecule has 2 aliphatic heterocycles. The van der Waals surface area contributed by atoms with Crippen LogP contribution in [0.5, 0.6) is 0 Å². The number of hydrogen-bond acceptors (Lipinski definition) is 4. The van der Waals surface area contributed by atoms with Crippen molar-refractivity contribution < 1.29 is 9.59 Å². The molecule has 152 valence electrons. The van der Waals surface area contributed by atoms with E-state index in [1.54, 1.807) is 17.0 Å². The standard InChI is InChI=1S/C22H24ClN3O2S/c23-18-4-2-6-20(13-18)26-15-17(12-21(26)27)22(28)24-19-5-1-3-16(11-19)14-25-7-9-29-10-8-25/h1-6,11,13,17H,7-10,12,14-15H2,(H,24,28). The number of hydrogen-bond donors (Lipinski definition) is 1. The Balaban J connectivity index is 1.38. The maximum atomic E-state index is 12.8. The number of carbonyl (C=O) groups is 2. The number of benzene rings is 2. The second kappa shape index (κ2) is 9.20. The van der Waals surface area contributed by atoms with Gasteiger partial charge in [0, 0.05) is 60.5 Å². The lowest BCUT2D eigenvalue weighted by Crippen LogP contribution is -2.32. The van der Waals surface area contributed by atoms with Gasteiger partial charge in [-0.25, -0.2) is 0 Å². The Bertz CT molecular complexity index is 901. The number of rotatable bonds is 5. The zero-order valence-electron chi connectivity index (χ0n) is 16.1. The van der Waals surface area contributed by atoms with Crippen LogP contribution in [0, 0.1) is 5.92 Å². The molecule has 4 rings (SSSR count). The van der Waals surface area contributed by atoms with Crippen LogP contribution in [0.3, 0.4) is 0 Å². The highest BCUT2D eigenvalue weighted by atomic mass is 35.5. The van der Waals surface area contributed by atoms with Crippen LogP contribution in [0.4, 0.5) is 11.4 Å². The van der Waals surface area contributed by atoms with Gasteiger partial charge in [-0.05, 0) is 35.9 Å². The van der Waals surface area contributed by atoms with Crippen molar-refractivity contribution in [3.05, 3.63) is 59.1 Å². The Labute approximate surface area is 180 Å². The molecule has 2 aromatic carbocycles. The summed E-state index contributed by atoms with van der Waals surface area (Å²) in [6.45, 7) is 3.47. The van der Waals surface area contributed by atoms with E-state index in [1.807, 2.05) is 42.1 Å². The van der Waals surface area contributed by atoms with E-state index in [0.29, 0.717) is 11.6 Å². The Morgan fingerprint density at radius 2 is 1.93 bits per heavy atom. The van der Waals surface area contributed by atoms with Crippen molar-refractivity contribution in [1.29, 1.82) is 0 Å². The van der Waals surface area contributed by atoms with Crippen LogP contribution >= 0.6 is 23.4 Å². The van der Waals surface area contributed by atoms with E-state index in [2.05, 4.69) is 16.3 Å². The minimum Gasteiger partial charge on any atom is -0.326 e. The summed E-state index contributed by atoms with van der Waals surface area (Å²) >= 11 is 8.04. The number of amides is 2. The highest BCUT2D eigenvalue weighted by molar-refractivity contribution is 7.99. The number of anilines is 2. The van der Waals surface area contributed by atoms with Crippen molar-refractivity contribution in [2.45, 2.75) is 13.0 Å². The molecule has 2 aromatic rings. The molecule has 29 heavy (non-hydrogen) atoms. The third-order valence-corrected chi connectivity index (χ3v) is 6.50.